The Balaban J connectivity index is 2.69. The summed E-state index contributed by atoms with van der Waals surface area (Å²) in [5.41, 5.74) is 6.45. The molecular weight excluding hydrogens is 158 g/mol. The molecule has 0 spiro atoms. The van der Waals surface area contributed by atoms with Crippen molar-refractivity contribution in [2.24, 2.45) is 28.9 Å². The second kappa shape index (κ2) is 3.61. The van der Waals surface area contributed by atoms with Crippen LogP contribution in [0.2, 0.25) is 0 Å². The summed E-state index contributed by atoms with van der Waals surface area (Å²) in [6.07, 6.45) is 2.64. The van der Waals surface area contributed by atoms with Crippen LogP contribution >= 0.6 is 0 Å². The SMILES string of the molecule is CC(C)C1CC(C)(C(C)N)CC1C. The van der Waals surface area contributed by atoms with E-state index >= 15 is 0 Å². The summed E-state index contributed by atoms with van der Waals surface area (Å²) in [6.45, 7) is 11.6. The lowest BCUT2D eigenvalue weighted by molar-refractivity contribution is 0.250. The molecule has 4 unspecified atom stereocenters. The number of nitrogens with two attached hydrogens (primary N) is 1. The van der Waals surface area contributed by atoms with Crippen molar-refractivity contribution >= 4 is 0 Å². The highest BCUT2D eigenvalue weighted by molar-refractivity contribution is 4.95. The Bertz CT molecular complexity index is 174. The van der Waals surface area contributed by atoms with Gasteiger partial charge in [0, 0.05) is 6.04 Å². The maximum atomic E-state index is 6.06. The van der Waals surface area contributed by atoms with Gasteiger partial charge in [-0.1, -0.05) is 27.7 Å². The summed E-state index contributed by atoms with van der Waals surface area (Å²) >= 11 is 0. The lowest BCUT2D eigenvalue weighted by Gasteiger charge is -2.29. The molecule has 0 heterocycles. The van der Waals surface area contributed by atoms with E-state index < -0.39 is 0 Å². The van der Waals surface area contributed by atoms with Crippen LogP contribution in [0.25, 0.3) is 0 Å². The highest BCUT2D eigenvalue weighted by atomic mass is 14.7. The molecule has 1 aliphatic rings. The monoisotopic (exact) mass is 183 g/mol. The number of hydrogen-bond acceptors (Lipinski definition) is 1. The first-order valence-electron chi connectivity index (χ1n) is 5.62. The fourth-order valence-corrected chi connectivity index (χ4v) is 2.97. The van der Waals surface area contributed by atoms with Crippen molar-refractivity contribution in [2.45, 2.75) is 53.5 Å². The van der Waals surface area contributed by atoms with E-state index in [0.29, 0.717) is 11.5 Å². The lowest BCUT2D eigenvalue weighted by Crippen LogP contribution is -2.35. The zero-order valence-corrected chi connectivity index (χ0v) is 9.80. The van der Waals surface area contributed by atoms with Crippen molar-refractivity contribution in [1.29, 1.82) is 0 Å². The third-order valence-corrected chi connectivity index (χ3v) is 4.18. The molecule has 1 nitrogen and oxygen atoms in total. The summed E-state index contributed by atoms with van der Waals surface area (Å²) in [5, 5.41) is 0. The minimum Gasteiger partial charge on any atom is -0.327 e. The zero-order chi connectivity index (χ0) is 10.2. The van der Waals surface area contributed by atoms with E-state index in [1.807, 2.05) is 0 Å². The smallest absolute Gasteiger partial charge is 0.00645 e. The molecule has 78 valence electrons. The van der Waals surface area contributed by atoms with E-state index in [0.717, 1.165) is 17.8 Å². The average Bonchev–Trinajstić information content (AvgIpc) is 2.28. The topological polar surface area (TPSA) is 26.0 Å². The van der Waals surface area contributed by atoms with Crippen LogP contribution in [0, 0.1) is 23.2 Å². The quantitative estimate of drug-likeness (QED) is 0.699. The molecule has 1 saturated carbocycles. The van der Waals surface area contributed by atoms with Crippen LogP contribution in [-0.2, 0) is 0 Å². The van der Waals surface area contributed by atoms with E-state index in [4.69, 9.17) is 5.73 Å². The van der Waals surface area contributed by atoms with Crippen LogP contribution in [-0.4, -0.2) is 6.04 Å². The fourth-order valence-electron chi connectivity index (χ4n) is 2.97. The molecule has 0 bridgehead atoms. The van der Waals surface area contributed by atoms with Crippen LogP contribution in [0.4, 0.5) is 0 Å². The molecule has 0 aromatic rings. The minimum atomic E-state index is 0.346. The molecule has 0 aliphatic heterocycles. The van der Waals surface area contributed by atoms with E-state index in [-0.39, 0.29) is 0 Å². The average molecular weight is 183 g/mol. The Hall–Kier alpha value is -0.0400. The van der Waals surface area contributed by atoms with Gasteiger partial charge in [-0.25, -0.2) is 0 Å². The third kappa shape index (κ3) is 2.07. The molecule has 0 aromatic heterocycles. The Morgan fingerprint density at radius 3 is 2.00 bits per heavy atom. The van der Waals surface area contributed by atoms with Crippen molar-refractivity contribution in [1.82, 2.24) is 0 Å². The van der Waals surface area contributed by atoms with Gasteiger partial charge in [-0.15, -0.1) is 0 Å². The van der Waals surface area contributed by atoms with Gasteiger partial charge < -0.3 is 5.73 Å². The highest BCUT2D eigenvalue weighted by Crippen LogP contribution is 2.49. The third-order valence-electron chi connectivity index (χ3n) is 4.18. The van der Waals surface area contributed by atoms with E-state index in [2.05, 4.69) is 34.6 Å². The van der Waals surface area contributed by atoms with Crippen LogP contribution in [0.1, 0.15) is 47.5 Å². The minimum absolute atomic E-state index is 0.346. The second-order valence-corrected chi connectivity index (χ2v) is 5.74. The molecule has 0 amide bonds. The summed E-state index contributed by atoms with van der Waals surface area (Å²) in [6, 6.07) is 0.346. The van der Waals surface area contributed by atoms with Gasteiger partial charge >= 0.3 is 0 Å². The number of rotatable bonds is 2. The second-order valence-electron chi connectivity index (χ2n) is 5.74. The van der Waals surface area contributed by atoms with Crippen molar-refractivity contribution in [2.75, 3.05) is 0 Å². The maximum absolute atomic E-state index is 6.06. The van der Waals surface area contributed by atoms with Gasteiger partial charge in [0.05, 0.1) is 0 Å². The van der Waals surface area contributed by atoms with E-state index in [1.165, 1.54) is 12.8 Å². The van der Waals surface area contributed by atoms with Crippen molar-refractivity contribution < 1.29 is 0 Å². The van der Waals surface area contributed by atoms with Gasteiger partial charge in [0.15, 0.2) is 0 Å². The van der Waals surface area contributed by atoms with Crippen molar-refractivity contribution in [3.05, 3.63) is 0 Å². The Morgan fingerprint density at radius 2 is 1.77 bits per heavy atom. The summed E-state index contributed by atoms with van der Waals surface area (Å²) in [4.78, 5) is 0. The zero-order valence-electron chi connectivity index (χ0n) is 9.80. The molecule has 1 rings (SSSR count). The standard InChI is InChI=1S/C12H25N/c1-8(2)11-7-12(5,10(4)13)6-9(11)3/h8-11H,6-7,13H2,1-5H3. The molecule has 0 aromatic carbocycles. The largest absolute Gasteiger partial charge is 0.327 e. The van der Waals surface area contributed by atoms with Gasteiger partial charge in [-0.2, -0.15) is 0 Å². The Labute approximate surface area is 83.1 Å². The van der Waals surface area contributed by atoms with Crippen LogP contribution in [0.5, 0.6) is 0 Å². The summed E-state index contributed by atoms with van der Waals surface area (Å²) in [5.74, 6) is 2.56. The molecule has 4 atom stereocenters. The van der Waals surface area contributed by atoms with Crippen molar-refractivity contribution in [3.8, 4) is 0 Å². The van der Waals surface area contributed by atoms with Gasteiger partial charge in [0.2, 0.25) is 0 Å². The molecule has 1 heteroatoms. The van der Waals surface area contributed by atoms with Crippen LogP contribution < -0.4 is 5.73 Å². The normalized spacial score (nSPS) is 42.7. The predicted molar refractivity (Wildman–Crippen MR) is 58.5 cm³/mol. The van der Waals surface area contributed by atoms with Gasteiger partial charge in [0.1, 0.15) is 0 Å². The first-order chi connectivity index (χ1) is 5.87. The summed E-state index contributed by atoms with van der Waals surface area (Å²) < 4.78 is 0. The van der Waals surface area contributed by atoms with Gasteiger partial charge in [0.25, 0.3) is 0 Å². The number of hydrogen-bond donors (Lipinski definition) is 1. The van der Waals surface area contributed by atoms with Gasteiger partial charge in [-0.3, -0.25) is 0 Å². The fraction of sp³-hybridized carbons (Fsp3) is 1.00. The molecule has 1 aliphatic carbocycles. The molecular formula is C12H25N. The van der Waals surface area contributed by atoms with Crippen LogP contribution in [0.3, 0.4) is 0 Å². The predicted octanol–water partition coefficient (Wildman–Crippen LogP) is 3.04. The Morgan fingerprint density at radius 1 is 1.23 bits per heavy atom. The van der Waals surface area contributed by atoms with E-state index in [1.54, 1.807) is 0 Å². The molecule has 1 fully saturated rings. The van der Waals surface area contributed by atoms with Gasteiger partial charge in [-0.05, 0) is 42.9 Å². The van der Waals surface area contributed by atoms with E-state index in [9.17, 15) is 0 Å². The molecule has 0 radical (unpaired) electrons. The molecule has 2 N–H and O–H groups in total. The first kappa shape index (κ1) is 11.0. The summed E-state index contributed by atoms with van der Waals surface area (Å²) in [7, 11) is 0. The lowest BCUT2D eigenvalue weighted by atomic mass is 9.80. The van der Waals surface area contributed by atoms with Crippen LogP contribution in [0.15, 0.2) is 0 Å². The highest BCUT2D eigenvalue weighted by Gasteiger charge is 2.42. The molecule has 0 saturated heterocycles. The van der Waals surface area contributed by atoms with Crippen molar-refractivity contribution in [3.63, 3.8) is 0 Å². The first-order valence-corrected chi connectivity index (χ1v) is 5.62. The maximum Gasteiger partial charge on any atom is 0.00645 e. The molecule has 13 heavy (non-hydrogen) atoms. The Kier molecular flexibility index (Phi) is 3.06.